The van der Waals surface area contributed by atoms with Gasteiger partial charge in [-0.15, -0.1) is 0 Å². The molecule has 0 aromatic rings. The fraction of sp³-hybridized carbons (Fsp3) is 0.681. The summed E-state index contributed by atoms with van der Waals surface area (Å²) in [6.45, 7) is 5.75. The summed E-state index contributed by atoms with van der Waals surface area (Å²) in [4.78, 5) is 51.2. The first-order valence-electron chi connectivity index (χ1n) is 31.9. The molecule has 0 spiro atoms. The Morgan fingerprint density at radius 3 is 1.25 bits per heavy atom. The van der Waals surface area contributed by atoms with E-state index in [0.717, 1.165) is 116 Å². The minimum absolute atomic E-state index is 0.0362. The summed E-state index contributed by atoms with van der Waals surface area (Å²) in [5, 5.41) is 31.6. The van der Waals surface area contributed by atoms with Crippen LogP contribution in [-0.2, 0) is 42.9 Å². The minimum Gasteiger partial charge on any atom is -0.479 e. The molecule has 1 saturated heterocycles. The third kappa shape index (κ3) is 45.6. The van der Waals surface area contributed by atoms with Crippen molar-refractivity contribution in [1.82, 2.24) is 0 Å². The molecule has 12 heteroatoms. The predicted octanol–water partition coefficient (Wildman–Crippen LogP) is 17.0. The van der Waals surface area contributed by atoms with E-state index in [1.807, 2.05) is 12.2 Å². The Balaban J connectivity index is 2.71. The summed E-state index contributed by atoms with van der Waals surface area (Å²) in [6, 6.07) is 0. The molecule has 0 radical (unpaired) electrons. The highest BCUT2D eigenvalue weighted by Gasteiger charge is 2.50. The van der Waals surface area contributed by atoms with Gasteiger partial charge in [-0.3, -0.25) is 14.4 Å². The number of aliphatic hydroxyl groups is 2. The van der Waals surface area contributed by atoms with E-state index in [4.69, 9.17) is 23.7 Å². The molecular formula is C69H112O12. The van der Waals surface area contributed by atoms with Crippen molar-refractivity contribution in [3.8, 4) is 0 Å². The van der Waals surface area contributed by atoms with Gasteiger partial charge in [-0.2, -0.15) is 0 Å². The molecule has 0 aromatic carbocycles. The van der Waals surface area contributed by atoms with Crippen molar-refractivity contribution in [2.75, 3.05) is 13.2 Å². The first-order chi connectivity index (χ1) is 39.6. The molecule has 1 aliphatic rings. The fourth-order valence-electron chi connectivity index (χ4n) is 8.97. The van der Waals surface area contributed by atoms with Crippen LogP contribution in [0.15, 0.2) is 109 Å². The summed E-state index contributed by atoms with van der Waals surface area (Å²) >= 11 is 0. The number of ether oxygens (including phenoxy) is 5. The van der Waals surface area contributed by atoms with Crippen LogP contribution < -0.4 is 0 Å². The van der Waals surface area contributed by atoms with Crippen molar-refractivity contribution in [3.63, 3.8) is 0 Å². The first-order valence-corrected chi connectivity index (χ1v) is 31.9. The van der Waals surface area contributed by atoms with E-state index in [2.05, 4.69) is 112 Å². The van der Waals surface area contributed by atoms with Crippen molar-refractivity contribution in [2.45, 2.75) is 289 Å². The van der Waals surface area contributed by atoms with Crippen LogP contribution in [0.1, 0.15) is 252 Å². The molecule has 460 valence electrons. The molecule has 0 aliphatic carbocycles. The topological polar surface area (TPSA) is 175 Å². The van der Waals surface area contributed by atoms with Crippen LogP contribution in [0.25, 0.3) is 0 Å². The number of carboxylic acids is 1. The molecule has 1 fully saturated rings. The van der Waals surface area contributed by atoms with Crippen LogP contribution in [0.2, 0.25) is 0 Å². The third-order valence-corrected chi connectivity index (χ3v) is 13.8. The van der Waals surface area contributed by atoms with Crippen molar-refractivity contribution in [2.24, 2.45) is 0 Å². The third-order valence-electron chi connectivity index (χ3n) is 13.8. The summed E-state index contributed by atoms with van der Waals surface area (Å²) in [6.07, 6.45) is 63.6. The van der Waals surface area contributed by atoms with Crippen LogP contribution in [0, 0.1) is 0 Å². The monoisotopic (exact) mass is 1130 g/mol. The molecular weight excluding hydrogens is 1020 g/mol. The van der Waals surface area contributed by atoms with Crippen LogP contribution in [0.4, 0.5) is 0 Å². The Hall–Kier alpha value is -4.62. The standard InChI is InChI=1S/C69H112O12/c1-4-7-10-13-16-19-22-25-28-30-31-33-35-37-40-43-46-49-52-55-61(70)77-58-60(79-62(71)56-53-50-47-44-41-38-34-27-24-21-18-15-12-9-6-3)59-78-69-67(65(74)64(73)66(81-69)68(75)76)80-63(72)57-54-51-48-45-42-39-36-32-29-26-23-20-17-14-11-8-5-2/h9,12,16-21,25-29,34,41,44,50,53,60,64-67,69,73-74H,4-8,10-11,13-15,22-24,30-33,35-40,42-43,45-49,51-52,54-59H2,1-3H3,(H,75,76)/b12-9-,19-16-,20-17-,21-18-,28-25-,29-26-,34-27-,44-41-,53-50-. The number of carboxylic acid groups (broad SMARTS) is 1. The van der Waals surface area contributed by atoms with E-state index in [0.29, 0.717) is 19.3 Å². The Bertz CT molecular complexity index is 1820. The highest BCUT2D eigenvalue weighted by molar-refractivity contribution is 5.74. The first kappa shape index (κ1) is 74.4. The number of esters is 3. The lowest BCUT2D eigenvalue weighted by Crippen LogP contribution is -2.61. The molecule has 6 unspecified atom stereocenters. The number of carbonyl (C=O) groups is 4. The normalized spacial score (nSPS) is 18.5. The molecule has 0 amide bonds. The zero-order valence-electron chi connectivity index (χ0n) is 50.7. The number of aliphatic hydroxyl groups excluding tert-OH is 2. The van der Waals surface area contributed by atoms with E-state index in [9.17, 15) is 34.5 Å². The van der Waals surface area contributed by atoms with Crippen LogP contribution in [0.5, 0.6) is 0 Å². The lowest BCUT2D eigenvalue weighted by atomic mass is 9.98. The van der Waals surface area contributed by atoms with Crippen LogP contribution >= 0.6 is 0 Å². The maximum Gasteiger partial charge on any atom is 0.335 e. The molecule has 0 bridgehead atoms. The van der Waals surface area contributed by atoms with E-state index < -0.39 is 67.3 Å². The molecule has 81 heavy (non-hydrogen) atoms. The molecule has 0 saturated carbocycles. The van der Waals surface area contributed by atoms with Gasteiger partial charge in [0.2, 0.25) is 0 Å². The van der Waals surface area contributed by atoms with Gasteiger partial charge in [0, 0.05) is 12.8 Å². The number of aliphatic carboxylic acids is 1. The molecule has 1 rings (SSSR count). The Morgan fingerprint density at radius 2 is 0.815 bits per heavy atom. The largest absolute Gasteiger partial charge is 0.479 e. The lowest BCUT2D eigenvalue weighted by molar-refractivity contribution is -0.301. The number of rotatable bonds is 53. The van der Waals surface area contributed by atoms with Gasteiger partial charge in [-0.05, 0) is 109 Å². The van der Waals surface area contributed by atoms with Gasteiger partial charge in [-0.25, -0.2) is 4.79 Å². The van der Waals surface area contributed by atoms with Gasteiger partial charge in [0.15, 0.2) is 24.6 Å². The van der Waals surface area contributed by atoms with Gasteiger partial charge in [-0.1, -0.05) is 233 Å². The summed E-state index contributed by atoms with van der Waals surface area (Å²) in [7, 11) is 0. The van der Waals surface area contributed by atoms with E-state index >= 15 is 0 Å². The van der Waals surface area contributed by atoms with Crippen molar-refractivity contribution in [3.05, 3.63) is 109 Å². The highest BCUT2D eigenvalue weighted by atomic mass is 16.7. The summed E-state index contributed by atoms with van der Waals surface area (Å²) in [5.74, 6) is -3.31. The number of allylic oxidation sites excluding steroid dienone is 17. The maximum atomic E-state index is 13.1. The summed E-state index contributed by atoms with van der Waals surface area (Å²) < 4.78 is 28.4. The molecule has 12 nitrogen and oxygen atoms in total. The molecule has 1 aliphatic heterocycles. The van der Waals surface area contributed by atoms with Gasteiger partial charge in [0.1, 0.15) is 18.8 Å². The van der Waals surface area contributed by atoms with Crippen molar-refractivity contribution in [1.29, 1.82) is 0 Å². The van der Waals surface area contributed by atoms with Gasteiger partial charge in [0.25, 0.3) is 0 Å². The Labute approximate surface area is 491 Å². The second-order valence-corrected chi connectivity index (χ2v) is 21.3. The Kier molecular flexibility index (Phi) is 51.3. The quantitative estimate of drug-likeness (QED) is 0.0228. The second-order valence-electron chi connectivity index (χ2n) is 21.3. The van der Waals surface area contributed by atoms with Gasteiger partial charge in [0.05, 0.1) is 13.0 Å². The van der Waals surface area contributed by atoms with E-state index in [1.54, 1.807) is 6.08 Å². The van der Waals surface area contributed by atoms with E-state index in [-0.39, 0.29) is 25.9 Å². The predicted molar refractivity (Wildman–Crippen MR) is 330 cm³/mol. The second kappa shape index (κ2) is 55.9. The SMILES string of the molecule is CC/C=C\C/C=C\C/C=C\C/C=C\C/C=C\CC(=O)OC(COC(=O)CCCCCCCCCCC/C=C\C/C=C\CCCCC)COC1OC(C(=O)O)C(O)C(O)C1OC(=O)CCCCCCCCC/C=C\C/C=C\CCCCC. The fourth-order valence-corrected chi connectivity index (χ4v) is 8.97. The highest BCUT2D eigenvalue weighted by Crippen LogP contribution is 2.26. The molecule has 3 N–H and O–H groups in total. The minimum atomic E-state index is -1.92. The molecule has 1 heterocycles. The average molecular weight is 1130 g/mol. The van der Waals surface area contributed by atoms with Crippen LogP contribution in [0.3, 0.4) is 0 Å². The average Bonchev–Trinajstić information content (AvgIpc) is 3.53. The number of carbonyl (C=O) groups excluding carboxylic acids is 3. The van der Waals surface area contributed by atoms with Gasteiger partial charge < -0.3 is 39.0 Å². The van der Waals surface area contributed by atoms with Gasteiger partial charge >= 0.3 is 23.9 Å². The zero-order valence-corrected chi connectivity index (χ0v) is 50.7. The zero-order chi connectivity index (χ0) is 58.9. The maximum absolute atomic E-state index is 13.1. The Morgan fingerprint density at radius 1 is 0.432 bits per heavy atom. The van der Waals surface area contributed by atoms with Crippen LogP contribution in [-0.4, -0.2) is 89.2 Å². The number of unbranched alkanes of at least 4 members (excludes halogenated alkanes) is 22. The van der Waals surface area contributed by atoms with E-state index in [1.165, 1.54) is 77.0 Å². The smallest absolute Gasteiger partial charge is 0.335 e. The van der Waals surface area contributed by atoms with Crippen molar-refractivity contribution >= 4 is 23.9 Å². The summed E-state index contributed by atoms with van der Waals surface area (Å²) in [5.41, 5.74) is 0. The lowest BCUT2D eigenvalue weighted by Gasteiger charge is -2.40. The van der Waals surface area contributed by atoms with Crippen molar-refractivity contribution < 1.29 is 58.2 Å². The number of hydrogen-bond donors (Lipinski definition) is 3. The molecule has 6 atom stereocenters. The number of hydrogen-bond acceptors (Lipinski definition) is 11. The molecule has 0 aromatic heterocycles.